The number of nitrogens with one attached hydrogen (secondary N) is 2. The Hall–Kier alpha value is -3.73. The van der Waals surface area contributed by atoms with E-state index in [1.807, 2.05) is 36.4 Å². The Morgan fingerprint density at radius 2 is 1.19 bits per heavy atom. The molecule has 0 aliphatic carbocycles. The third kappa shape index (κ3) is 5.56. The topological polar surface area (TPSA) is 138 Å². The highest BCUT2D eigenvalue weighted by Gasteiger charge is 2.34. The molecule has 4 N–H and O–H groups in total. The van der Waals surface area contributed by atoms with Crippen LogP contribution in [0.25, 0.3) is 0 Å². The first-order valence-electron chi connectivity index (χ1n) is 12.1. The van der Waals surface area contributed by atoms with Gasteiger partial charge in [-0.3, -0.25) is 0 Å². The van der Waals surface area contributed by atoms with Gasteiger partial charge in [-0.25, -0.2) is 0 Å². The summed E-state index contributed by atoms with van der Waals surface area (Å²) in [5.41, 5.74) is 7.67. The fourth-order valence-electron chi connectivity index (χ4n) is 4.75. The first-order valence-corrected chi connectivity index (χ1v) is 12.5. The van der Waals surface area contributed by atoms with Crippen molar-refractivity contribution in [2.45, 2.75) is 50.4 Å². The molecule has 10 nitrogen and oxygen atoms in total. The van der Waals surface area contributed by atoms with Gasteiger partial charge >= 0.3 is 0 Å². The molecule has 2 atom stereocenters. The van der Waals surface area contributed by atoms with Crippen molar-refractivity contribution in [2.75, 3.05) is 13.1 Å². The summed E-state index contributed by atoms with van der Waals surface area (Å²) in [6.07, 6.45) is 3.36. The van der Waals surface area contributed by atoms with Crippen molar-refractivity contribution in [2.24, 2.45) is 5.73 Å². The van der Waals surface area contributed by atoms with E-state index in [1.54, 1.807) is 0 Å². The summed E-state index contributed by atoms with van der Waals surface area (Å²) >= 11 is 5.40. The Morgan fingerprint density at radius 1 is 0.778 bits per heavy atom. The number of nitrogens with zero attached hydrogens (tertiary/aromatic N) is 7. The van der Waals surface area contributed by atoms with Crippen molar-refractivity contribution in [3.63, 3.8) is 0 Å². The molecule has 4 rings (SSSR count). The summed E-state index contributed by atoms with van der Waals surface area (Å²) in [4.78, 5) is 2.07. The van der Waals surface area contributed by atoms with Crippen LogP contribution in [0.1, 0.15) is 62.3 Å². The van der Waals surface area contributed by atoms with Gasteiger partial charge in [0.05, 0.1) is 10.8 Å². The third-order valence-corrected chi connectivity index (χ3v) is 7.28. The van der Waals surface area contributed by atoms with E-state index < -0.39 is 0 Å². The number of hydrogen-bond donors (Lipinski definition) is 3. The molecule has 0 saturated carbocycles. The van der Waals surface area contributed by atoms with E-state index in [-0.39, 0.29) is 10.8 Å². The van der Waals surface area contributed by atoms with Gasteiger partial charge in [0.2, 0.25) is 0 Å². The predicted molar refractivity (Wildman–Crippen MR) is 141 cm³/mol. The van der Waals surface area contributed by atoms with Crippen LogP contribution in [-0.4, -0.2) is 64.4 Å². The average Bonchev–Trinajstić information content (AvgIpc) is 3.64. The van der Waals surface area contributed by atoms with Crippen molar-refractivity contribution in [1.82, 2.24) is 46.1 Å². The van der Waals surface area contributed by atoms with Crippen molar-refractivity contribution >= 4 is 17.3 Å². The number of nitrogens with two attached hydrogens (primary N) is 1. The quantitative estimate of drug-likeness (QED) is 0.248. The molecular weight excluding hydrogens is 472 g/mol. The molecule has 0 aliphatic heterocycles. The number of aromatic nitrogens is 8. The van der Waals surface area contributed by atoms with Gasteiger partial charge in [-0.2, -0.15) is 10.4 Å². The lowest BCUT2D eigenvalue weighted by molar-refractivity contribution is 0.350. The van der Waals surface area contributed by atoms with Crippen molar-refractivity contribution < 1.29 is 0 Å². The highest BCUT2D eigenvalue weighted by Crippen LogP contribution is 2.35. The SMILES string of the molecule is CC(CCCN(CCCC(C)(c1ccccc1)c1nn[nH]n1)C(N)=S)(c1ccccc1)c1nn[nH]n1. The average molecular weight is 505 g/mol. The normalized spacial score (nSPS) is 14.6. The van der Waals surface area contributed by atoms with E-state index in [1.165, 1.54) is 0 Å². The summed E-state index contributed by atoms with van der Waals surface area (Å²) < 4.78 is 0. The standard InChI is InChI=1S/C25H32N10S/c1-24(21-27-31-32-28-21,19-11-5-3-6-12-19)15-9-17-35(23(26)36)18-10-16-25(2,22-29-33-34-30-22)20-13-7-4-8-14-20/h3-8,11-14H,9-10,15-18H2,1-2H3,(H2,26,36)(H,27,28,31,32)(H,29,30,33,34). The van der Waals surface area contributed by atoms with Crippen LogP contribution in [0.5, 0.6) is 0 Å². The molecule has 0 aliphatic rings. The van der Waals surface area contributed by atoms with Crippen molar-refractivity contribution in [3.05, 3.63) is 83.4 Å². The lowest BCUT2D eigenvalue weighted by Gasteiger charge is -2.30. The fourth-order valence-corrected chi connectivity index (χ4v) is 4.94. The summed E-state index contributed by atoms with van der Waals surface area (Å²) in [6, 6.07) is 20.5. The minimum Gasteiger partial charge on any atom is -0.376 e. The summed E-state index contributed by atoms with van der Waals surface area (Å²) in [6.45, 7) is 5.77. The van der Waals surface area contributed by atoms with Gasteiger partial charge in [0.25, 0.3) is 0 Å². The van der Waals surface area contributed by atoms with Gasteiger partial charge in [0, 0.05) is 13.1 Å². The zero-order chi connectivity index (χ0) is 25.4. The molecule has 0 bridgehead atoms. The maximum atomic E-state index is 6.13. The molecule has 4 aromatic rings. The van der Waals surface area contributed by atoms with E-state index in [0.29, 0.717) is 16.8 Å². The van der Waals surface area contributed by atoms with Gasteiger partial charge < -0.3 is 10.6 Å². The van der Waals surface area contributed by atoms with Gasteiger partial charge in [-0.05, 0) is 62.9 Å². The van der Waals surface area contributed by atoms with Gasteiger partial charge in [-0.15, -0.1) is 20.4 Å². The maximum Gasteiger partial charge on any atom is 0.184 e. The molecule has 2 aromatic heterocycles. The fraction of sp³-hybridized carbons (Fsp3) is 0.400. The molecular formula is C25H32N10S. The van der Waals surface area contributed by atoms with Crippen LogP contribution in [0.15, 0.2) is 60.7 Å². The van der Waals surface area contributed by atoms with Gasteiger partial charge in [-0.1, -0.05) is 71.1 Å². The number of benzene rings is 2. The Morgan fingerprint density at radius 3 is 1.53 bits per heavy atom. The van der Waals surface area contributed by atoms with Crippen molar-refractivity contribution in [3.8, 4) is 0 Å². The lowest BCUT2D eigenvalue weighted by atomic mass is 9.77. The minimum atomic E-state index is -0.374. The smallest absolute Gasteiger partial charge is 0.184 e. The molecule has 0 fully saturated rings. The molecule has 2 aromatic carbocycles. The molecule has 0 spiro atoms. The van der Waals surface area contributed by atoms with Gasteiger partial charge in [0.15, 0.2) is 16.8 Å². The van der Waals surface area contributed by atoms with Crippen LogP contribution in [0, 0.1) is 0 Å². The molecule has 2 heterocycles. The zero-order valence-electron chi connectivity index (χ0n) is 20.6. The second-order valence-corrected chi connectivity index (χ2v) is 9.82. The molecule has 188 valence electrons. The number of rotatable bonds is 12. The van der Waals surface area contributed by atoms with E-state index in [0.717, 1.165) is 49.9 Å². The highest BCUT2D eigenvalue weighted by atomic mass is 32.1. The Labute approximate surface area is 216 Å². The third-order valence-electron chi connectivity index (χ3n) is 7.02. The molecule has 11 heteroatoms. The molecule has 0 radical (unpaired) electrons. The highest BCUT2D eigenvalue weighted by molar-refractivity contribution is 7.80. The van der Waals surface area contributed by atoms with Crippen LogP contribution in [0.4, 0.5) is 0 Å². The number of hydrogen-bond acceptors (Lipinski definition) is 7. The predicted octanol–water partition coefficient (Wildman–Crippen LogP) is 3.13. The zero-order valence-corrected chi connectivity index (χ0v) is 21.4. The summed E-state index contributed by atoms with van der Waals surface area (Å²) in [5.74, 6) is 1.35. The lowest BCUT2D eigenvalue weighted by Crippen LogP contribution is -2.38. The summed E-state index contributed by atoms with van der Waals surface area (Å²) in [5, 5.41) is 30.3. The van der Waals surface area contributed by atoms with Crippen LogP contribution in [0.3, 0.4) is 0 Å². The van der Waals surface area contributed by atoms with Crippen molar-refractivity contribution in [1.29, 1.82) is 0 Å². The minimum absolute atomic E-state index is 0.374. The molecule has 36 heavy (non-hydrogen) atoms. The number of H-pyrrole nitrogens is 2. The maximum absolute atomic E-state index is 6.13. The Balaban J connectivity index is 1.40. The second kappa shape index (κ2) is 11.3. The number of thiocarbonyl (C=S) groups is 1. The van der Waals surface area contributed by atoms with Crippen LogP contribution in [-0.2, 0) is 10.8 Å². The van der Waals surface area contributed by atoms with E-state index in [4.69, 9.17) is 18.0 Å². The Kier molecular flexibility index (Phi) is 7.99. The largest absolute Gasteiger partial charge is 0.376 e. The monoisotopic (exact) mass is 504 g/mol. The first kappa shape index (κ1) is 25.4. The van der Waals surface area contributed by atoms with Crippen LogP contribution < -0.4 is 5.73 Å². The van der Waals surface area contributed by atoms with Crippen LogP contribution in [0.2, 0.25) is 0 Å². The molecule has 0 amide bonds. The van der Waals surface area contributed by atoms with E-state index in [9.17, 15) is 0 Å². The molecule has 2 unspecified atom stereocenters. The van der Waals surface area contributed by atoms with Gasteiger partial charge in [0.1, 0.15) is 0 Å². The van der Waals surface area contributed by atoms with E-state index in [2.05, 4.69) is 84.3 Å². The Bertz CT molecular complexity index is 1110. The first-order chi connectivity index (χ1) is 17.4. The van der Waals surface area contributed by atoms with Crippen LogP contribution >= 0.6 is 12.2 Å². The molecule has 0 saturated heterocycles. The summed E-state index contributed by atoms with van der Waals surface area (Å²) in [7, 11) is 0. The van der Waals surface area contributed by atoms with E-state index >= 15 is 0 Å². The second-order valence-electron chi connectivity index (χ2n) is 9.40. The number of tetrazole rings is 2. The number of aromatic amines is 2.